The summed E-state index contributed by atoms with van der Waals surface area (Å²) in [6, 6.07) is 2.86. The summed E-state index contributed by atoms with van der Waals surface area (Å²) >= 11 is 7.55. The molecule has 0 aliphatic heterocycles. The molecule has 0 spiro atoms. The van der Waals surface area contributed by atoms with Crippen LogP contribution in [-0.2, 0) is 6.42 Å². The Kier molecular flexibility index (Phi) is 5.87. The lowest BCUT2D eigenvalue weighted by Gasteiger charge is -2.17. The normalized spacial score (nSPS) is 18.7. The second kappa shape index (κ2) is 7.17. The fourth-order valence-electron chi connectivity index (χ4n) is 2.26. The fraction of sp³-hybridized carbons (Fsp3) is 0.692. The van der Waals surface area contributed by atoms with E-state index in [2.05, 4.69) is 51.5 Å². The minimum atomic E-state index is 0.617. The lowest BCUT2D eigenvalue weighted by molar-refractivity contribution is 0.620. The molecule has 0 radical (unpaired) electrons. The Hall–Kier alpha value is 0.490. The van der Waals surface area contributed by atoms with Gasteiger partial charge in [-0.15, -0.1) is 11.3 Å². The summed E-state index contributed by atoms with van der Waals surface area (Å²) in [4.78, 5) is 1.48. The maximum Gasteiger partial charge on any atom is 0.0285 e. The number of nitrogens with one attached hydrogen (secondary N) is 1. The standard InChI is InChI=1S/C13H20BrNS2/c1-15-11(7-13-6-10(14)8-16-13)9-17-12-4-2-3-5-12/h6,8,11-12,15H,2-5,7,9H2,1H3. The number of thioether (sulfide) groups is 1. The van der Waals surface area contributed by atoms with E-state index in [1.165, 1.54) is 40.8 Å². The topological polar surface area (TPSA) is 12.0 Å². The third kappa shape index (κ3) is 4.58. The van der Waals surface area contributed by atoms with Crippen LogP contribution in [0.3, 0.4) is 0 Å². The SMILES string of the molecule is CNC(CSC1CCCC1)Cc1cc(Br)cs1. The Morgan fingerprint density at radius 1 is 1.53 bits per heavy atom. The lowest BCUT2D eigenvalue weighted by atomic mass is 10.2. The molecule has 1 heterocycles. The van der Waals surface area contributed by atoms with Crippen molar-refractivity contribution in [3.63, 3.8) is 0 Å². The number of rotatable bonds is 6. The second-order valence-electron chi connectivity index (χ2n) is 4.66. The first-order valence-electron chi connectivity index (χ1n) is 6.29. The Morgan fingerprint density at radius 2 is 2.29 bits per heavy atom. The molecular weight excluding hydrogens is 314 g/mol. The van der Waals surface area contributed by atoms with Crippen molar-refractivity contribution in [2.45, 2.75) is 43.4 Å². The molecule has 1 aromatic heterocycles. The largest absolute Gasteiger partial charge is 0.316 e. The van der Waals surface area contributed by atoms with E-state index in [1.54, 1.807) is 0 Å². The van der Waals surface area contributed by atoms with E-state index in [0.717, 1.165) is 11.7 Å². The molecule has 1 aliphatic carbocycles. The number of halogens is 1. The van der Waals surface area contributed by atoms with Crippen molar-refractivity contribution in [2.24, 2.45) is 0 Å². The molecule has 0 amide bonds. The van der Waals surface area contributed by atoms with Crippen LogP contribution in [0.5, 0.6) is 0 Å². The van der Waals surface area contributed by atoms with Crippen LogP contribution < -0.4 is 5.32 Å². The fourth-order valence-corrected chi connectivity index (χ4v) is 5.24. The van der Waals surface area contributed by atoms with Crippen LogP contribution in [0.15, 0.2) is 15.9 Å². The lowest BCUT2D eigenvalue weighted by Crippen LogP contribution is -2.30. The summed E-state index contributed by atoms with van der Waals surface area (Å²) in [6.45, 7) is 0. The molecule has 0 aromatic carbocycles. The molecule has 0 bridgehead atoms. The molecule has 1 N–H and O–H groups in total. The predicted molar refractivity (Wildman–Crippen MR) is 83.3 cm³/mol. The summed E-state index contributed by atoms with van der Waals surface area (Å²) in [7, 11) is 2.09. The first-order valence-corrected chi connectivity index (χ1v) is 9.02. The van der Waals surface area contributed by atoms with Gasteiger partial charge in [-0.1, -0.05) is 12.8 Å². The molecule has 1 saturated carbocycles. The number of likely N-dealkylation sites (N-methyl/N-ethyl adjacent to an activating group) is 1. The molecule has 1 unspecified atom stereocenters. The maximum absolute atomic E-state index is 3.52. The molecule has 1 aromatic rings. The van der Waals surface area contributed by atoms with Crippen LogP contribution in [0.25, 0.3) is 0 Å². The van der Waals surface area contributed by atoms with Gasteiger partial charge >= 0.3 is 0 Å². The highest BCUT2D eigenvalue weighted by Gasteiger charge is 2.17. The van der Waals surface area contributed by atoms with Crippen molar-refractivity contribution >= 4 is 39.0 Å². The van der Waals surface area contributed by atoms with Gasteiger partial charge in [0.2, 0.25) is 0 Å². The number of thiophene rings is 1. The van der Waals surface area contributed by atoms with Crippen LogP contribution in [0.2, 0.25) is 0 Å². The van der Waals surface area contributed by atoms with Crippen molar-refractivity contribution in [2.75, 3.05) is 12.8 Å². The summed E-state index contributed by atoms with van der Waals surface area (Å²) in [5, 5.41) is 6.56. The number of hydrogen-bond acceptors (Lipinski definition) is 3. The highest BCUT2D eigenvalue weighted by Crippen LogP contribution is 2.30. The van der Waals surface area contributed by atoms with Gasteiger partial charge < -0.3 is 5.32 Å². The molecule has 96 valence electrons. The zero-order valence-electron chi connectivity index (χ0n) is 10.2. The highest BCUT2D eigenvalue weighted by molar-refractivity contribution is 9.10. The molecule has 1 aliphatic rings. The number of hydrogen-bond donors (Lipinski definition) is 1. The average molecular weight is 334 g/mol. The average Bonchev–Trinajstić information content (AvgIpc) is 2.96. The van der Waals surface area contributed by atoms with Gasteiger partial charge in [0, 0.05) is 31.8 Å². The van der Waals surface area contributed by atoms with Crippen molar-refractivity contribution in [3.8, 4) is 0 Å². The first kappa shape index (κ1) is 13.9. The van der Waals surface area contributed by atoms with Gasteiger partial charge in [-0.05, 0) is 48.3 Å². The molecule has 2 rings (SSSR count). The van der Waals surface area contributed by atoms with Crippen LogP contribution in [-0.4, -0.2) is 24.1 Å². The van der Waals surface area contributed by atoms with E-state index >= 15 is 0 Å². The monoisotopic (exact) mass is 333 g/mol. The van der Waals surface area contributed by atoms with Gasteiger partial charge in [0.25, 0.3) is 0 Å². The zero-order chi connectivity index (χ0) is 12.1. The summed E-state index contributed by atoms with van der Waals surface area (Å²) in [5.41, 5.74) is 0. The highest BCUT2D eigenvalue weighted by atomic mass is 79.9. The van der Waals surface area contributed by atoms with Crippen LogP contribution in [0, 0.1) is 0 Å². The van der Waals surface area contributed by atoms with Gasteiger partial charge in [0.1, 0.15) is 0 Å². The predicted octanol–water partition coefficient (Wildman–Crippen LogP) is 4.32. The van der Waals surface area contributed by atoms with Crippen molar-refractivity contribution in [1.82, 2.24) is 5.32 Å². The second-order valence-corrected chi connectivity index (χ2v) is 7.91. The Morgan fingerprint density at radius 3 is 2.88 bits per heavy atom. The van der Waals surface area contributed by atoms with E-state index in [9.17, 15) is 0 Å². The summed E-state index contributed by atoms with van der Waals surface area (Å²) in [5.74, 6) is 1.25. The smallest absolute Gasteiger partial charge is 0.0285 e. The summed E-state index contributed by atoms with van der Waals surface area (Å²) in [6.07, 6.45) is 6.92. The van der Waals surface area contributed by atoms with E-state index in [1.807, 2.05) is 11.3 Å². The quantitative estimate of drug-likeness (QED) is 0.832. The minimum Gasteiger partial charge on any atom is -0.316 e. The summed E-state index contributed by atoms with van der Waals surface area (Å²) < 4.78 is 1.22. The zero-order valence-corrected chi connectivity index (χ0v) is 13.5. The van der Waals surface area contributed by atoms with Gasteiger partial charge in [-0.25, -0.2) is 0 Å². The third-order valence-corrected chi connectivity index (χ3v) is 6.57. The third-order valence-electron chi connectivity index (χ3n) is 3.31. The van der Waals surface area contributed by atoms with Gasteiger partial charge in [-0.2, -0.15) is 11.8 Å². The van der Waals surface area contributed by atoms with E-state index in [4.69, 9.17) is 0 Å². The van der Waals surface area contributed by atoms with Gasteiger partial charge in [-0.3, -0.25) is 0 Å². The maximum atomic E-state index is 3.52. The van der Waals surface area contributed by atoms with E-state index < -0.39 is 0 Å². The molecule has 4 heteroatoms. The Labute approximate surface area is 121 Å². The van der Waals surface area contributed by atoms with Crippen molar-refractivity contribution in [3.05, 3.63) is 20.8 Å². The Bertz CT molecular complexity index is 334. The van der Waals surface area contributed by atoms with Crippen LogP contribution in [0.1, 0.15) is 30.6 Å². The first-order chi connectivity index (χ1) is 8.28. The Balaban J connectivity index is 1.75. The van der Waals surface area contributed by atoms with E-state index in [-0.39, 0.29) is 0 Å². The molecule has 17 heavy (non-hydrogen) atoms. The molecular formula is C13H20BrNS2. The van der Waals surface area contributed by atoms with E-state index in [0.29, 0.717) is 6.04 Å². The van der Waals surface area contributed by atoms with Crippen molar-refractivity contribution in [1.29, 1.82) is 0 Å². The van der Waals surface area contributed by atoms with Crippen LogP contribution >= 0.6 is 39.0 Å². The van der Waals surface area contributed by atoms with Gasteiger partial charge in [0.15, 0.2) is 0 Å². The minimum absolute atomic E-state index is 0.617. The van der Waals surface area contributed by atoms with Crippen molar-refractivity contribution < 1.29 is 0 Å². The van der Waals surface area contributed by atoms with Gasteiger partial charge in [0.05, 0.1) is 0 Å². The molecule has 1 nitrogen and oxygen atoms in total. The molecule has 1 fully saturated rings. The molecule has 0 saturated heterocycles. The molecule has 1 atom stereocenters. The van der Waals surface area contributed by atoms with Crippen LogP contribution in [0.4, 0.5) is 0 Å².